The third kappa shape index (κ3) is 6.11. The molecular formula is C20H23NO4S. The molecule has 1 N–H and O–H groups in total. The van der Waals surface area contributed by atoms with Gasteiger partial charge < -0.3 is 14.8 Å². The van der Waals surface area contributed by atoms with Crippen LogP contribution < -0.4 is 10.1 Å². The quantitative estimate of drug-likeness (QED) is 0.568. The van der Waals surface area contributed by atoms with Gasteiger partial charge in [-0.15, -0.1) is 11.8 Å². The zero-order chi connectivity index (χ0) is 18.9. The standard InChI is InChI=1S/C20H23NO4S/c1-14-6-4-5-7-18(14)26-13-19(22)25-15(2)20(23)21-12-16-8-10-17(24-3)11-9-16/h4-11,15H,12-13H2,1-3H3,(H,21,23)/t15-/m1/s1. The number of carbonyl (C=O) groups excluding carboxylic acids is 2. The third-order valence-electron chi connectivity index (χ3n) is 3.74. The van der Waals surface area contributed by atoms with Crippen LogP contribution in [0.4, 0.5) is 0 Å². The second-order valence-electron chi connectivity index (χ2n) is 5.75. The molecular weight excluding hydrogens is 350 g/mol. The monoisotopic (exact) mass is 373 g/mol. The first-order valence-electron chi connectivity index (χ1n) is 8.28. The van der Waals surface area contributed by atoms with E-state index in [2.05, 4.69) is 5.32 Å². The number of aryl methyl sites for hydroxylation is 1. The molecule has 0 aliphatic heterocycles. The first kappa shape index (κ1) is 19.8. The van der Waals surface area contributed by atoms with Gasteiger partial charge >= 0.3 is 5.97 Å². The number of ether oxygens (including phenoxy) is 2. The van der Waals surface area contributed by atoms with Gasteiger partial charge in [0.2, 0.25) is 0 Å². The number of rotatable bonds is 8. The van der Waals surface area contributed by atoms with Gasteiger partial charge in [-0.05, 0) is 43.2 Å². The van der Waals surface area contributed by atoms with Gasteiger partial charge in [0.15, 0.2) is 6.10 Å². The fourth-order valence-corrected chi connectivity index (χ4v) is 3.03. The van der Waals surface area contributed by atoms with E-state index in [-0.39, 0.29) is 11.7 Å². The summed E-state index contributed by atoms with van der Waals surface area (Å²) in [5, 5.41) is 2.76. The molecule has 0 unspecified atom stereocenters. The maximum atomic E-state index is 12.1. The Balaban J connectivity index is 1.75. The Morgan fingerprint density at radius 2 is 1.81 bits per heavy atom. The van der Waals surface area contributed by atoms with Gasteiger partial charge in [0.05, 0.1) is 12.9 Å². The van der Waals surface area contributed by atoms with Crippen LogP contribution in [-0.2, 0) is 20.9 Å². The SMILES string of the molecule is COc1ccc(CNC(=O)[C@@H](C)OC(=O)CSc2ccccc2C)cc1. The number of amides is 1. The van der Waals surface area contributed by atoms with Crippen molar-refractivity contribution in [3.05, 3.63) is 59.7 Å². The Labute approximate surface area is 158 Å². The number of hydrogen-bond acceptors (Lipinski definition) is 5. The van der Waals surface area contributed by atoms with Crippen molar-refractivity contribution in [3.8, 4) is 5.75 Å². The van der Waals surface area contributed by atoms with Crippen molar-refractivity contribution < 1.29 is 19.1 Å². The Morgan fingerprint density at radius 3 is 2.46 bits per heavy atom. The van der Waals surface area contributed by atoms with Crippen LogP contribution in [0.15, 0.2) is 53.4 Å². The number of carbonyl (C=O) groups is 2. The maximum absolute atomic E-state index is 12.1. The topological polar surface area (TPSA) is 64.6 Å². The third-order valence-corrected chi connectivity index (χ3v) is 4.89. The number of hydrogen-bond donors (Lipinski definition) is 1. The lowest BCUT2D eigenvalue weighted by Gasteiger charge is -2.14. The largest absolute Gasteiger partial charge is 0.497 e. The van der Waals surface area contributed by atoms with E-state index in [0.717, 1.165) is 21.8 Å². The molecule has 0 saturated carbocycles. The van der Waals surface area contributed by atoms with E-state index in [1.54, 1.807) is 14.0 Å². The van der Waals surface area contributed by atoms with E-state index in [0.29, 0.717) is 6.54 Å². The van der Waals surface area contributed by atoms with E-state index in [1.807, 2.05) is 55.5 Å². The lowest BCUT2D eigenvalue weighted by molar-refractivity contribution is -0.152. The van der Waals surface area contributed by atoms with Gasteiger partial charge in [-0.1, -0.05) is 30.3 Å². The lowest BCUT2D eigenvalue weighted by Crippen LogP contribution is -2.35. The summed E-state index contributed by atoms with van der Waals surface area (Å²) in [5.41, 5.74) is 2.04. The first-order valence-corrected chi connectivity index (χ1v) is 9.26. The van der Waals surface area contributed by atoms with E-state index in [4.69, 9.17) is 9.47 Å². The number of nitrogens with one attached hydrogen (secondary N) is 1. The summed E-state index contributed by atoms with van der Waals surface area (Å²) in [4.78, 5) is 25.1. The molecule has 0 fully saturated rings. The van der Waals surface area contributed by atoms with Crippen molar-refractivity contribution in [2.75, 3.05) is 12.9 Å². The summed E-state index contributed by atoms with van der Waals surface area (Å²) in [6, 6.07) is 15.2. The summed E-state index contributed by atoms with van der Waals surface area (Å²) in [5.74, 6) is 0.190. The van der Waals surface area contributed by atoms with Crippen molar-refractivity contribution in [1.29, 1.82) is 0 Å². The van der Waals surface area contributed by atoms with Crippen LogP contribution >= 0.6 is 11.8 Å². The molecule has 1 atom stereocenters. The minimum absolute atomic E-state index is 0.168. The van der Waals surface area contributed by atoms with Crippen molar-refractivity contribution in [3.63, 3.8) is 0 Å². The molecule has 0 radical (unpaired) electrons. The molecule has 6 heteroatoms. The molecule has 2 aromatic rings. The predicted octanol–water partition coefficient (Wildman–Crippen LogP) is 3.34. The van der Waals surface area contributed by atoms with Crippen molar-refractivity contribution in [2.45, 2.75) is 31.4 Å². The van der Waals surface area contributed by atoms with Crippen LogP contribution in [0.1, 0.15) is 18.1 Å². The molecule has 0 aromatic heterocycles. The number of esters is 1. The van der Waals surface area contributed by atoms with Crippen LogP contribution in [0.25, 0.3) is 0 Å². The van der Waals surface area contributed by atoms with Crippen LogP contribution in [0.2, 0.25) is 0 Å². The molecule has 0 bridgehead atoms. The molecule has 0 aliphatic rings. The average Bonchev–Trinajstić information content (AvgIpc) is 2.65. The van der Waals surface area contributed by atoms with E-state index >= 15 is 0 Å². The zero-order valence-corrected chi connectivity index (χ0v) is 16.0. The first-order chi connectivity index (χ1) is 12.5. The molecule has 26 heavy (non-hydrogen) atoms. The molecule has 138 valence electrons. The Bertz CT molecular complexity index is 746. The van der Waals surface area contributed by atoms with Gasteiger partial charge in [0.1, 0.15) is 5.75 Å². The van der Waals surface area contributed by atoms with Crippen LogP contribution in [0.5, 0.6) is 5.75 Å². The van der Waals surface area contributed by atoms with Gasteiger partial charge in [-0.3, -0.25) is 9.59 Å². The highest BCUT2D eigenvalue weighted by atomic mass is 32.2. The number of benzene rings is 2. The smallest absolute Gasteiger partial charge is 0.317 e. The Kier molecular flexibility index (Phi) is 7.53. The van der Waals surface area contributed by atoms with Crippen molar-refractivity contribution in [1.82, 2.24) is 5.32 Å². The minimum atomic E-state index is -0.835. The molecule has 0 saturated heterocycles. The van der Waals surface area contributed by atoms with Crippen molar-refractivity contribution in [2.24, 2.45) is 0 Å². The lowest BCUT2D eigenvalue weighted by atomic mass is 10.2. The highest BCUT2D eigenvalue weighted by Crippen LogP contribution is 2.21. The van der Waals surface area contributed by atoms with Gasteiger partial charge in [-0.2, -0.15) is 0 Å². The molecule has 5 nitrogen and oxygen atoms in total. The fraction of sp³-hybridized carbons (Fsp3) is 0.300. The average molecular weight is 373 g/mol. The van der Waals surface area contributed by atoms with Crippen LogP contribution in [0, 0.1) is 6.92 Å². The Morgan fingerprint density at radius 1 is 1.12 bits per heavy atom. The van der Waals surface area contributed by atoms with E-state index in [1.165, 1.54) is 11.8 Å². The molecule has 0 spiro atoms. The summed E-state index contributed by atoms with van der Waals surface area (Å²) >= 11 is 1.40. The zero-order valence-electron chi connectivity index (χ0n) is 15.2. The summed E-state index contributed by atoms with van der Waals surface area (Å²) < 4.78 is 10.3. The van der Waals surface area contributed by atoms with Crippen LogP contribution in [-0.4, -0.2) is 30.8 Å². The number of thioether (sulfide) groups is 1. The highest BCUT2D eigenvalue weighted by Gasteiger charge is 2.17. The van der Waals surface area contributed by atoms with Gasteiger partial charge in [0.25, 0.3) is 5.91 Å². The molecule has 0 heterocycles. The molecule has 2 rings (SSSR count). The van der Waals surface area contributed by atoms with Gasteiger partial charge in [0, 0.05) is 11.4 Å². The maximum Gasteiger partial charge on any atom is 0.317 e. The van der Waals surface area contributed by atoms with E-state index in [9.17, 15) is 9.59 Å². The van der Waals surface area contributed by atoms with E-state index < -0.39 is 12.1 Å². The predicted molar refractivity (Wildman–Crippen MR) is 102 cm³/mol. The number of methoxy groups -OCH3 is 1. The molecule has 1 amide bonds. The summed E-state index contributed by atoms with van der Waals surface area (Å²) in [6.07, 6.45) is -0.835. The van der Waals surface area contributed by atoms with Crippen molar-refractivity contribution >= 4 is 23.6 Å². The summed E-state index contributed by atoms with van der Waals surface area (Å²) in [6.45, 7) is 3.92. The fourth-order valence-electron chi connectivity index (χ4n) is 2.22. The normalized spacial score (nSPS) is 11.5. The minimum Gasteiger partial charge on any atom is -0.497 e. The molecule has 2 aromatic carbocycles. The highest BCUT2D eigenvalue weighted by molar-refractivity contribution is 8.00. The molecule has 0 aliphatic carbocycles. The second kappa shape index (κ2) is 9.87. The second-order valence-corrected chi connectivity index (χ2v) is 6.77. The Hall–Kier alpha value is -2.47. The summed E-state index contributed by atoms with van der Waals surface area (Å²) in [7, 11) is 1.60. The van der Waals surface area contributed by atoms with Crippen LogP contribution in [0.3, 0.4) is 0 Å². The van der Waals surface area contributed by atoms with Gasteiger partial charge in [-0.25, -0.2) is 0 Å².